The number of carbonyl (C=O) groups excluding carboxylic acids is 2. The second-order valence-corrected chi connectivity index (χ2v) is 6.05. The minimum absolute atomic E-state index is 0.113. The highest BCUT2D eigenvalue weighted by Gasteiger charge is 2.26. The van der Waals surface area contributed by atoms with Crippen LogP contribution >= 0.6 is 0 Å². The number of carboxylic acid groups (broad SMARTS) is 1. The second-order valence-electron chi connectivity index (χ2n) is 6.05. The summed E-state index contributed by atoms with van der Waals surface area (Å²) in [5.41, 5.74) is 0.636. The number of carboxylic acids is 1. The Kier molecular flexibility index (Phi) is 5.35. The van der Waals surface area contributed by atoms with Crippen LogP contribution in [0.15, 0.2) is 42.6 Å². The summed E-state index contributed by atoms with van der Waals surface area (Å²) in [6.45, 7) is 1.55. The fourth-order valence-corrected chi connectivity index (χ4v) is 2.91. The summed E-state index contributed by atoms with van der Waals surface area (Å²) in [4.78, 5) is 43.2. The number of aromatic carboxylic acids is 1. The number of nitrogens with zero attached hydrogens (tertiary/aromatic N) is 3. The van der Waals surface area contributed by atoms with E-state index >= 15 is 0 Å². The Morgan fingerprint density at radius 1 is 0.963 bits per heavy atom. The van der Waals surface area contributed by atoms with E-state index in [1.165, 1.54) is 18.3 Å². The van der Waals surface area contributed by atoms with E-state index in [0.717, 1.165) is 0 Å². The van der Waals surface area contributed by atoms with Gasteiger partial charge in [0.25, 0.3) is 11.8 Å². The van der Waals surface area contributed by atoms with Gasteiger partial charge >= 0.3 is 5.97 Å². The summed E-state index contributed by atoms with van der Waals surface area (Å²) >= 11 is 0. The van der Waals surface area contributed by atoms with E-state index in [1.54, 1.807) is 41.2 Å². The molecule has 1 aliphatic rings. The van der Waals surface area contributed by atoms with Crippen LogP contribution in [0.25, 0.3) is 0 Å². The molecule has 1 aliphatic heterocycles. The lowest BCUT2D eigenvalue weighted by Crippen LogP contribution is -2.50. The first-order chi connectivity index (χ1) is 13.0. The number of hydrogen-bond donors (Lipinski definition) is 1. The number of benzene rings is 1. The number of amides is 2. The van der Waals surface area contributed by atoms with Crippen LogP contribution in [0.4, 0.5) is 0 Å². The first kappa shape index (κ1) is 18.4. The minimum Gasteiger partial charge on any atom is -0.497 e. The van der Waals surface area contributed by atoms with Gasteiger partial charge in [-0.05, 0) is 30.3 Å². The SMILES string of the molecule is COc1cccc(C(=O)N2CCN(C(=O)c3ccnc(C(=O)O)c3)CC2)c1. The molecular weight excluding hydrogens is 350 g/mol. The van der Waals surface area contributed by atoms with E-state index < -0.39 is 5.97 Å². The zero-order valence-corrected chi connectivity index (χ0v) is 14.8. The van der Waals surface area contributed by atoms with Gasteiger partial charge in [-0.3, -0.25) is 9.59 Å². The van der Waals surface area contributed by atoms with Gasteiger partial charge in [0.1, 0.15) is 11.4 Å². The Morgan fingerprint density at radius 2 is 1.56 bits per heavy atom. The van der Waals surface area contributed by atoms with Crippen molar-refractivity contribution in [1.82, 2.24) is 14.8 Å². The maximum absolute atomic E-state index is 12.6. The van der Waals surface area contributed by atoms with E-state index in [0.29, 0.717) is 37.5 Å². The summed E-state index contributed by atoms with van der Waals surface area (Å²) in [7, 11) is 1.54. The lowest BCUT2D eigenvalue weighted by molar-refractivity contribution is 0.0535. The van der Waals surface area contributed by atoms with Gasteiger partial charge in [-0.25, -0.2) is 9.78 Å². The van der Waals surface area contributed by atoms with E-state index in [1.807, 2.05) is 0 Å². The molecule has 1 aromatic heterocycles. The molecular formula is C19H19N3O5. The molecule has 0 bridgehead atoms. The normalized spacial score (nSPS) is 14.0. The third-order valence-electron chi connectivity index (χ3n) is 4.40. The molecule has 0 radical (unpaired) electrons. The van der Waals surface area contributed by atoms with Crippen molar-refractivity contribution < 1.29 is 24.2 Å². The Balaban J connectivity index is 1.64. The van der Waals surface area contributed by atoms with E-state index in [9.17, 15) is 14.4 Å². The Bertz CT molecular complexity index is 875. The van der Waals surface area contributed by atoms with Crippen molar-refractivity contribution in [3.05, 3.63) is 59.4 Å². The quantitative estimate of drug-likeness (QED) is 0.874. The number of piperazine rings is 1. The molecule has 1 aromatic carbocycles. The lowest BCUT2D eigenvalue weighted by Gasteiger charge is -2.35. The number of pyridine rings is 1. The number of hydrogen-bond acceptors (Lipinski definition) is 5. The third-order valence-corrected chi connectivity index (χ3v) is 4.40. The summed E-state index contributed by atoms with van der Waals surface area (Å²) in [6, 6.07) is 9.70. The Morgan fingerprint density at radius 3 is 2.11 bits per heavy atom. The van der Waals surface area contributed by atoms with Crippen molar-refractivity contribution in [2.75, 3.05) is 33.3 Å². The van der Waals surface area contributed by atoms with Crippen LogP contribution in [-0.2, 0) is 0 Å². The van der Waals surface area contributed by atoms with Crippen molar-refractivity contribution in [2.45, 2.75) is 0 Å². The number of carbonyl (C=O) groups is 3. The Hall–Kier alpha value is -3.42. The average Bonchev–Trinajstić information content (AvgIpc) is 2.73. The molecule has 0 saturated carbocycles. The topological polar surface area (TPSA) is 100 Å². The maximum Gasteiger partial charge on any atom is 0.354 e. The number of ether oxygens (including phenoxy) is 1. The lowest BCUT2D eigenvalue weighted by atomic mass is 10.1. The highest BCUT2D eigenvalue weighted by molar-refractivity contribution is 5.97. The van der Waals surface area contributed by atoms with E-state index in [2.05, 4.69) is 4.98 Å². The molecule has 2 aromatic rings. The van der Waals surface area contributed by atoms with Crippen LogP contribution in [0.5, 0.6) is 5.75 Å². The van der Waals surface area contributed by atoms with Crippen LogP contribution in [0.1, 0.15) is 31.2 Å². The fourth-order valence-electron chi connectivity index (χ4n) is 2.91. The molecule has 2 amide bonds. The zero-order chi connectivity index (χ0) is 19.4. The van der Waals surface area contributed by atoms with E-state index in [4.69, 9.17) is 9.84 Å². The van der Waals surface area contributed by atoms with Crippen LogP contribution in [0, 0.1) is 0 Å². The predicted molar refractivity (Wildman–Crippen MR) is 96.0 cm³/mol. The average molecular weight is 369 g/mol. The molecule has 8 nitrogen and oxygen atoms in total. The van der Waals surface area contributed by atoms with Crippen molar-refractivity contribution >= 4 is 17.8 Å². The van der Waals surface area contributed by atoms with Gasteiger partial charge in [-0.2, -0.15) is 0 Å². The minimum atomic E-state index is -1.18. The summed E-state index contributed by atoms with van der Waals surface area (Å²) in [5, 5.41) is 9.00. The molecule has 1 saturated heterocycles. The van der Waals surface area contributed by atoms with Gasteiger partial charge < -0.3 is 19.6 Å². The monoisotopic (exact) mass is 369 g/mol. The summed E-state index contributed by atoms with van der Waals surface area (Å²) < 4.78 is 5.15. The summed E-state index contributed by atoms with van der Waals surface area (Å²) in [5.74, 6) is -0.952. The van der Waals surface area contributed by atoms with Crippen molar-refractivity contribution in [3.63, 3.8) is 0 Å². The van der Waals surface area contributed by atoms with E-state index in [-0.39, 0.29) is 23.1 Å². The molecule has 0 atom stereocenters. The molecule has 1 N–H and O–H groups in total. The van der Waals surface area contributed by atoms with Crippen molar-refractivity contribution in [3.8, 4) is 5.75 Å². The molecule has 140 valence electrons. The van der Waals surface area contributed by atoms with Crippen molar-refractivity contribution in [2.24, 2.45) is 0 Å². The molecule has 27 heavy (non-hydrogen) atoms. The number of aromatic nitrogens is 1. The zero-order valence-electron chi connectivity index (χ0n) is 14.8. The number of methoxy groups -OCH3 is 1. The molecule has 8 heteroatoms. The molecule has 0 unspecified atom stereocenters. The standard InChI is InChI=1S/C19H19N3O5/c1-27-15-4-2-3-13(11-15)17(23)21-7-9-22(10-8-21)18(24)14-5-6-20-16(12-14)19(25)26/h2-6,11-12H,7-10H2,1H3,(H,25,26). The van der Waals surface area contributed by atoms with Crippen LogP contribution < -0.4 is 4.74 Å². The molecule has 1 fully saturated rings. The summed E-state index contributed by atoms with van der Waals surface area (Å²) in [6.07, 6.45) is 1.30. The van der Waals surface area contributed by atoms with Gasteiger partial charge in [-0.1, -0.05) is 6.07 Å². The highest BCUT2D eigenvalue weighted by Crippen LogP contribution is 2.16. The van der Waals surface area contributed by atoms with Crippen LogP contribution in [-0.4, -0.2) is 71.0 Å². The van der Waals surface area contributed by atoms with Crippen LogP contribution in [0.2, 0.25) is 0 Å². The fraction of sp³-hybridized carbons (Fsp3) is 0.263. The van der Waals surface area contributed by atoms with Crippen molar-refractivity contribution in [1.29, 1.82) is 0 Å². The van der Waals surface area contributed by atoms with Gasteiger partial charge in [0, 0.05) is 43.5 Å². The molecule has 0 spiro atoms. The maximum atomic E-state index is 12.6. The first-order valence-electron chi connectivity index (χ1n) is 8.41. The molecule has 3 rings (SSSR count). The Labute approximate surface area is 156 Å². The third kappa shape index (κ3) is 4.05. The number of rotatable bonds is 4. The largest absolute Gasteiger partial charge is 0.497 e. The predicted octanol–water partition coefficient (Wildman–Crippen LogP) is 1.39. The molecule has 0 aliphatic carbocycles. The van der Waals surface area contributed by atoms with Gasteiger partial charge in [0.2, 0.25) is 0 Å². The highest BCUT2D eigenvalue weighted by atomic mass is 16.5. The first-order valence-corrected chi connectivity index (χ1v) is 8.41. The molecule has 2 heterocycles. The van der Waals surface area contributed by atoms with Gasteiger partial charge in [0.15, 0.2) is 0 Å². The van der Waals surface area contributed by atoms with Gasteiger partial charge in [0.05, 0.1) is 7.11 Å². The van der Waals surface area contributed by atoms with Gasteiger partial charge in [-0.15, -0.1) is 0 Å². The second kappa shape index (κ2) is 7.86. The van der Waals surface area contributed by atoms with Crippen LogP contribution in [0.3, 0.4) is 0 Å². The smallest absolute Gasteiger partial charge is 0.354 e.